The molecule has 0 unspecified atom stereocenters. The van der Waals surface area contributed by atoms with Crippen LogP contribution in [0.15, 0.2) is 47.3 Å². The number of hydrogen-bond acceptors (Lipinski definition) is 5. The van der Waals surface area contributed by atoms with Crippen LogP contribution in [0.1, 0.15) is 48.9 Å². The van der Waals surface area contributed by atoms with Crippen LogP contribution in [0.5, 0.6) is 11.5 Å². The fourth-order valence-electron chi connectivity index (χ4n) is 3.42. The fourth-order valence-corrected chi connectivity index (χ4v) is 3.69. The Bertz CT molecular complexity index is 1190. The summed E-state index contributed by atoms with van der Waals surface area (Å²) in [6.07, 6.45) is 4.58. The summed E-state index contributed by atoms with van der Waals surface area (Å²) in [7, 11) is 0. The average Bonchev–Trinajstić information content (AvgIpc) is 2.76. The molecule has 0 radical (unpaired) electrons. The van der Waals surface area contributed by atoms with E-state index in [4.69, 9.17) is 21.4 Å². The maximum absolute atomic E-state index is 12.7. The Balaban J connectivity index is 1.53. The Morgan fingerprint density at radius 1 is 1.00 bits per heavy atom. The van der Waals surface area contributed by atoms with Crippen LogP contribution in [-0.2, 0) is 4.79 Å². The smallest absolute Gasteiger partial charge is 0.303 e. The molecule has 33 heavy (non-hydrogen) atoms. The summed E-state index contributed by atoms with van der Waals surface area (Å²) < 4.78 is 5.68. The van der Waals surface area contributed by atoms with Crippen LogP contribution < -0.4 is 15.6 Å². The van der Waals surface area contributed by atoms with Crippen LogP contribution in [0.2, 0.25) is 5.02 Å². The standard InChI is InChI=1S/C24H25ClN2O6/c25-17-7-6-8-18-20(17)22(30)21(24(32)27-18)23(31)26-15-10-12-16(13-11-15)33-14-5-3-1-2-4-9-19(28)29/h6-8,10-13H,1-5,9,14H2,(H,26,31)(H,28,29)(H2,27,30,32). The molecule has 1 aromatic heterocycles. The van der Waals surface area contributed by atoms with Gasteiger partial charge >= 0.3 is 5.97 Å². The van der Waals surface area contributed by atoms with Gasteiger partial charge in [-0.15, -0.1) is 0 Å². The van der Waals surface area contributed by atoms with E-state index in [1.165, 1.54) is 0 Å². The number of aliphatic carboxylic acids is 1. The molecular weight excluding hydrogens is 448 g/mol. The lowest BCUT2D eigenvalue weighted by Crippen LogP contribution is -2.23. The number of aromatic hydroxyl groups is 1. The number of amides is 1. The lowest BCUT2D eigenvalue weighted by Gasteiger charge is -2.10. The van der Waals surface area contributed by atoms with Gasteiger partial charge in [0.05, 0.1) is 22.5 Å². The molecule has 0 bridgehead atoms. The Morgan fingerprint density at radius 3 is 2.42 bits per heavy atom. The number of benzene rings is 2. The number of carboxylic acid groups (broad SMARTS) is 1. The minimum absolute atomic E-state index is 0.203. The molecule has 0 aliphatic carbocycles. The quantitative estimate of drug-likeness (QED) is 0.292. The molecule has 9 heteroatoms. The number of halogens is 1. The second kappa shape index (κ2) is 11.4. The lowest BCUT2D eigenvalue weighted by atomic mass is 10.1. The molecule has 0 fully saturated rings. The second-order valence-electron chi connectivity index (χ2n) is 7.58. The predicted octanol–water partition coefficient (Wildman–Crippen LogP) is 4.94. The number of carbonyl (C=O) groups is 2. The zero-order valence-corrected chi connectivity index (χ0v) is 18.7. The van der Waals surface area contributed by atoms with E-state index >= 15 is 0 Å². The third kappa shape index (κ3) is 6.49. The van der Waals surface area contributed by atoms with E-state index in [0.717, 1.165) is 25.7 Å². The van der Waals surface area contributed by atoms with Gasteiger partial charge < -0.3 is 25.3 Å². The molecule has 1 heterocycles. The fraction of sp³-hybridized carbons (Fsp3) is 0.292. The molecule has 3 aromatic rings. The number of rotatable bonds is 11. The molecule has 3 rings (SSSR count). The van der Waals surface area contributed by atoms with E-state index in [9.17, 15) is 19.5 Å². The number of aromatic amines is 1. The van der Waals surface area contributed by atoms with Gasteiger partial charge in [0, 0.05) is 12.1 Å². The molecule has 0 aliphatic rings. The van der Waals surface area contributed by atoms with Gasteiger partial charge in [0.2, 0.25) is 0 Å². The molecule has 8 nitrogen and oxygen atoms in total. The van der Waals surface area contributed by atoms with Crippen molar-refractivity contribution in [2.24, 2.45) is 0 Å². The zero-order valence-electron chi connectivity index (χ0n) is 17.9. The molecule has 1 amide bonds. The highest BCUT2D eigenvalue weighted by atomic mass is 35.5. The van der Waals surface area contributed by atoms with Gasteiger partial charge in [-0.25, -0.2) is 0 Å². The van der Waals surface area contributed by atoms with Gasteiger partial charge in [-0.3, -0.25) is 14.4 Å². The van der Waals surface area contributed by atoms with Crippen molar-refractivity contribution in [2.45, 2.75) is 38.5 Å². The molecule has 4 N–H and O–H groups in total. The van der Waals surface area contributed by atoms with Crippen molar-refractivity contribution in [2.75, 3.05) is 11.9 Å². The zero-order chi connectivity index (χ0) is 23.8. The summed E-state index contributed by atoms with van der Waals surface area (Å²) in [5.41, 5.74) is -0.367. The number of H-pyrrole nitrogens is 1. The van der Waals surface area contributed by atoms with Crippen molar-refractivity contribution in [3.63, 3.8) is 0 Å². The average molecular weight is 473 g/mol. The SMILES string of the molecule is O=C(O)CCCCCCCOc1ccc(NC(=O)c2c(O)c3c(Cl)cccc3[nH]c2=O)cc1. The molecule has 0 saturated carbocycles. The van der Waals surface area contributed by atoms with Crippen LogP contribution in [0, 0.1) is 0 Å². The first-order chi connectivity index (χ1) is 15.9. The third-order valence-electron chi connectivity index (χ3n) is 5.11. The van der Waals surface area contributed by atoms with Crippen LogP contribution in [0.3, 0.4) is 0 Å². The van der Waals surface area contributed by atoms with Crippen LogP contribution in [0.25, 0.3) is 10.9 Å². The minimum atomic E-state index is -0.761. The van der Waals surface area contributed by atoms with Crippen LogP contribution in [0.4, 0.5) is 5.69 Å². The first kappa shape index (κ1) is 24.1. The molecule has 0 atom stereocenters. The van der Waals surface area contributed by atoms with E-state index in [1.54, 1.807) is 42.5 Å². The van der Waals surface area contributed by atoms with E-state index in [0.29, 0.717) is 30.0 Å². The molecule has 2 aromatic carbocycles. The summed E-state index contributed by atoms with van der Waals surface area (Å²) >= 11 is 6.11. The number of ether oxygens (including phenoxy) is 1. The Labute approximate surface area is 195 Å². The van der Waals surface area contributed by atoms with Crippen molar-refractivity contribution < 1.29 is 24.5 Å². The maximum Gasteiger partial charge on any atom is 0.303 e. The monoisotopic (exact) mass is 472 g/mol. The number of carboxylic acids is 1. The largest absolute Gasteiger partial charge is 0.506 e. The second-order valence-corrected chi connectivity index (χ2v) is 7.99. The Kier molecular flexibility index (Phi) is 8.32. The summed E-state index contributed by atoms with van der Waals surface area (Å²) in [5, 5.41) is 22.1. The first-order valence-electron chi connectivity index (χ1n) is 10.7. The summed E-state index contributed by atoms with van der Waals surface area (Å²) in [4.78, 5) is 38.0. The van der Waals surface area contributed by atoms with Gasteiger partial charge in [0.25, 0.3) is 11.5 Å². The third-order valence-corrected chi connectivity index (χ3v) is 5.42. The van der Waals surface area contributed by atoms with Crippen molar-refractivity contribution in [1.82, 2.24) is 4.98 Å². The number of anilines is 1. The molecular formula is C24H25ClN2O6. The number of aromatic nitrogens is 1. The van der Waals surface area contributed by atoms with Crippen molar-refractivity contribution in [3.8, 4) is 11.5 Å². The maximum atomic E-state index is 12.7. The molecule has 0 aliphatic heterocycles. The van der Waals surface area contributed by atoms with Crippen molar-refractivity contribution >= 4 is 40.1 Å². The first-order valence-corrected chi connectivity index (χ1v) is 11.0. The van der Waals surface area contributed by atoms with Gasteiger partial charge in [0.1, 0.15) is 17.1 Å². The van der Waals surface area contributed by atoms with Crippen LogP contribution in [-0.4, -0.2) is 33.7 Å². The Hall–Kier alpha value is -3.52. The summed E-state index contributed by atoms with van der Waals surface area (Å²) in [6, 6.07) is 11.4. The number of pyridine rings is 1. The normalized spacial score (nSPS) is 10.8. The number of carbonyl (C=O) groups excluding carboxylic acids is 1. The highest BCUT2D eigenvalue weighted by Gasteiger charge is 2.20. The van der Waals surface area contributed by atoms with Crippen molar-refractivity contribution in [3.05, 3.63) is 63.4 Å². The topological polar surface area (TPSA) is 129 Å². The van der Waals surface area contributed by atoms with E-state index in [2.05, 4.69) is 10.3 Å². The van der Waals surface area contributed by atoms with Gasteiger partial charge in [-0.05, 0) is 49.2 Å². The molecule has 0 saturated heterocycles. The van der Waals surface area contributed by atoms with Gasteiger partial charge in [-0.1, -0.05) is 36.9 Å². The minimum Gasteiger partial charge on any atom is -0.506 e. The number of hydrogen-bond donors (Lipinski definition) is 4. The van der Waals surface area contributed by atoms with Crippen LogP contribution >= 0.6 is 11.6 Å². The van der Waals surface area contributed by atoms with E-state index in [-0.39, 0.29) is 16.8 Å². The summed E-state index contributed by atoms with van der Waals surface area (Å²) in [5.74, 6) is -1.35. The highest BCUT2D eigenvalue weighted by molar-refractivity contribution is 6.36. The number of unbranched alkanes of at least 4 members (excludes halogenated alkanes) is 4. The van der Waals surface area contributed by atoms with Crippen molar-refractivity contribution in [1.29, 1.82) is 0 Å². The molecule has 0 spiro atoms. The number of fused-ring (bicyclic) bond motifs is 1. The predicted molar refractivity (Wildman–Crippen MR) is 126 cm³/mol. The van der Waals surface area contributed by atoms with E-state index < -0.39 is 28.7 Å². The number of nitrogens with one attached hydrogen (secondary N) is 2. The van der Waals surface area contributed by atoms with E-state index in [1.807, 2.05) is 0 Å². The Morgan fingerprint density at radius 2 is 1.70 bits per heavy atom. The van der Waals surface area contributed by atoms with Gasteiger partial charge in [-0.2, -0.15) is 0 Å². The summed E-state index contributed by atoms with van der Waals surface area (Å²) in [6.45, 7) is 0.533. The lowest BCUT2D eigenvalue weighted by molar-refractivity contribution is -0.137. The molecule has 174 valence electrons. The highest BCUT2D eigenvalue weighted by Crippen LogP contribution is 2.31. The van der Waals surface area contributed by atoms with Gasteiger partial charge in [0.15, 0.2) is 0 Å².